The van der Waals surface area contributed by atoms with Crippen LogP contribution in [0.2, 0.25) is 0 Å². The van der Waals surface area contributed by atoms with Gasteiger partial charge in [-0.3, -0.25) is 9.59 Å². The lowest BCUT2D eigenvalue weighted by molar-refractivity contribution is -0.119. The van der Waals surface area contributed by atoms with Crippen molar-refractivity contribution >= 4 is 17.5 Å². The summed E-state index contributed by atoms with van der Waals surface area (Å²) in [6, 6.07) is 6.26. The van der Waals surface area contributed by atoms with E-state index in [9.17, 15) is 9.59 Å². The highest BCUT2D eigenvalue weighted by atomic mass is 16.2. The van der Waals surface area contributed by atoms with Crippen LogP contribution in [0.1, 0.15) is 31.1 Å². The van der Waals surface area contributed by atoms with Gasteiger partial charge in [0.2, 0.25) is 5.91 Å². The molecular formula is C15H23N3O2. The summed E-state index contributed by atoms with van der Waals surface area (Å²) in [4.78, 5) is 25.7. The zero-order valence-corrected chi connectivity index (χ0v) is 12.7. The van der Waals surface area contributed by atoms with Crippen molar-refractivity contribution in [1.82, 2.24) is 4.90 Å². The molecule has 110 valence electrons. The van der Waals surface area contributed by atoms with Gasteiger partial charge >= 0.3 is 0 Å². The molecule has 1 aromatic rings. The highest BCUT2D eigenvalue weighted by Gasteiger charge is 2.28. The lowest BCUT2D eigenvalue weighted by Gasteiger charge is -2.26. The van der Waals surface area contributed by atoms with Crippen LogP contribution in [0.4, 0.5) is 5.69 Å². The van der Waals surface area contributed by atoms with E-state index in [2.05, 4.69) is 5.32 Å². The lowest BCUT2D eigenvalue weighted by atomic mass is 9.87. The summed E-state index contributed by atoms with van der Waals surface area (Å²) < 4.78 is 0. The van der Waals surface area contributed by atoms with Crippen LogP contribution >= 0.6 is 0 Å². The average Bonchev–Trinajstić information content (AvgIpc) is 2.36. The summed E-state index contributed by atoms with van der Waals surface area (Å²) in [5.41, 5.74) is 6.51. The van der Waals surface area contributed by atoms with Gasteiger partial charge in [0.05, 0.1) is 17.3 Å². The Hall–Kier alpha value is -1.88. The van der Waals surface area contributed by atoms with Gasteiger partial charge in [-0.25, -0.2) is 0 Å². The Bertz CT molecular complexity index is 504. The molecule has 0 heterocycles. The average molecular weight is 277 g/mol. The Morgan fingerprint density at radius 3 is 2.25 bits per heavy atom. The van der Waals surface area contributed by atoms with E-state index >= 15 is 0 Å². The second-order valence-electron chi connectivity index (χ2n) is 6.08. The van der Waals surface area contributed by atoms with Crippen molar-refractivity contribution in [2.45, 2.75) is 26.8 Å². The molecule has 0 fully saturated rings. The Labute approximate surface area is 120 Å². The van der Waals surface area contributed by atoms with Crippen molar-refractivity contribution in [2.75, 3.05) is 19.4 Å². The Morgan fingerprint density at radius 2 is 1.75 bits per heavy atom. The number of nitrogens with one attached hydrogen (secondary N) is 1. The highest BCUT2D eigenvalue weighted by Crippen LogP contribution is 2.21. The first-order chi connectivity index (χ1) is 9.14. The topological polar surface area (TPSA) is 75.4 Å². The second-order valence-corrected chi connectivity index (χ2v) is 6.08. The molecule has 1 rings (SSSR count). The van der Waals surface area contributed by atoms with E-state index in [1.54, 1.807) is 38.4 Å². The molecule has 0 aromatic heterocycles. The van der Waals surface area contributed by atoms with Crippen LogP contribution in [-0.2, 0) is 4.79 Å². The van der Waals surface area contributed by atoms with Crippen LogP contribution in [0.25, 0.3) is 0 Å². The fourth-order valence-electron chi connectivity index (χ4n) is 1.62. The third-order valence-corrected chi connectivity index (χ3v) is 3.04. The molecule has 0 aliphatic carbocycles. The predicted molar refractivity (Wildman–Crippen MR) is 80.5 cm³/mol. The maximum absolute atomic E-state index is 12.1. The molecule has 0 unspecified atom stereocenters. The minimum absolute atomic E-state index is 0.162. The van der Waals surface area contributed by atoms with Gasteiger partial charge in [0.1, 0.15) is 0 Å². The van der Waals surface area contributed by atoms with Crippen LogP contribution in [0.5, 0.6) is 0 Å². The molecule has 1 aromatic carbocycles. The summed E-state index contributed by atoms with van der Waals surface area (Å²) in [6.07, 6.45) is 0. The minimum Gasteiger partial charge on any atom is -0.345 e. The largest absolute Gasteiger partial charge is 0.345 e. The SMILES string of the molecule is CN(C)C(=O)c1ccccc1NC(=O)[C@@H](N)C(C)(C)C. The first-order valence-electron chi connectivity index (χ1n) is 6.51. The van der Waals surface area contributed by atoms with E-state index < -0.39 is 6.04 Å². The zero-order valence-electron chi connectivity index (χ0n) is 12.7. The van der Waals surface area contributed by atoms with Gasteiger partial charge in [-0.1, -0.05) is 32.9 Å². The quantitative estimate of drug-likeness (QED) is 0.883. The van der Waals surface area contributed by atoms with E-state index in [4.69, 9.17) is 5.73 Å². The molecular weight excluding hydrogens is 254 g/mol. The van der Waals surface area contributed by atoms with Crippen LogP contribution in [-0.4, -0.2) is 36.9 Å². The molecule has 5 heteroatoms. The van der Waals surface area contributed by atoms with E-state index in [-0.39, 0.29) is 17.2 Å². The normalized spacial score (nSPS) is 12.7. The molecule has 0 bridgehead atoms. The highest BCUT2D eigenvalue weighted by molar-refractivity contribution is 6.04. The summed E-state index contributed by atoms with van der Waals surface area (Å²) in [5, 5.41) is 2.74. The number of anilines is 1. The minimum atomic E-state index is -0.648. The molecule has 2 amide bonds. The lowest BCUT2D eigenvalue weighted by Crippen LogP contribution is -2.45. The number of nitrogens with two attached hydrogens (primary N) is 1. The molecule has 20 heavy (non-hydrogen) atoms. The van der Waals surface area contributed by atoms with E-state index in [1.165, 1.54) is 4.90 Å². The smallest absolute Gasteiger partial charge is 0.255 e. The fraction of sp³-hybridized carbons (Fsp3) is 0.467. The number of rotatable bonds is 3. The third-order valence-electron chi connectivity index (χ3n) is 3.04. The Balaban J connectivity index is 2.99. The number of benzene rings is 1. The van der Waals surface area contributed by atoms with Crippen molar-refractivity contribution in [3.8, 4) is 0 Å². The number of nitrogens with zero attached hydrogens (tertiary/aromatic N) is 1. The van der Waals surface area contributed by atoms with Crippen molar-refractivity contribution in [3.05, 3.63) is 29.8 Å². The molecule has 0 spiro atoms. The summed E-state index contributed by atoms with van der Waals surface area (Å²) in [5.74, 6) is -0.457. The van der Waals surface area contributed by atoms with Gasteiger partial charge in [0, 0.05) is 14.1 Å². The number of amides is 2. The van der Waals surface area contributed by atoms with Gasteiger partial charge in [-0.05, 0) is 17.5 Å². The number of hydrogen-bond acceptors (Lipinski definition) is 3. The summed E-state index contributed by atoms with van der Waals surface area (Å²) in [6.45, 7) is 5.69. The number of para-hydroxylation sites is 1. The zero-order chi connectivity index (χ0) is 15.5. The van der Waals surface area contributed by atoms with E-state index in [0.717, 1.165) is 0 Å². The maximum Gasteiger partial charge on any atom is 0.255 e. The van der Waals surface area contributed by atoms with Crippen molar-refractivity contribution in [1.29, 1.82) is 0 Å². The standard InChI is InChI=1S/C15H23N3O2/c1-15(2,3)12(16)13(19)17-11-9-7-6-8-10(11)14(20)18(4)5/h6-9,12H,16H2,1-5H3,(H,17,19)/t12-/m1/s1. The molecule has 5 nitrogen and oxygen atoms in total. The molecule has 0 radical (unpaired) electrons. The Morgan fingerprint density at radius 1 is 1.20 bits per heavy atom. The van der Waals surface area contributed by atoms with E-state index in [1.807, 2.05) is 20.8 Å². The number of hydrogen-bond donors (Lipinski definition) is 2. The molecule has 0 saturated heterocycles. The number of carbonyl (C=O) groups excluding carboxylic acids is 2. The first-order valence-corrected chi connectivity index (χ1v) is 6.51. The molecule has 0 aliphatic heterocycles. The molecule has 3 N–H and O–H groups in total. The van der Waals surface area contributed by atoms with Crippen molar-refractivity contribution < 1.29 is 9.59 Å². The van der Waals surface area contributed by atoms with E-state index in [0.29, 0.717) is 11.3 Å². The number of carbonyl (C=O) groups is 2. The summed E-state index contributed by atoms with van der Waals surface area (Å²) in [7, 11) is 3.34. The van der Waals surface area contributed by atoms with Crippen LogP contribution in [0, 0.1) is 5.41 Å². The van der Waals surface area contributed by atoms with Crippen LogP contribution in [0.15, 0.2) is 24.3 Å². The maximum atomic E-state index is 12.1. The Kier molecular flexibility index (Phi) is 4.89. The van der Waals surface area contributed by atoms with Gasteiger partial charge in [-0.2, -0.15) is 0 Å². The fourth-order valence-corrected chi connectivity index (χ4v) is 1.62. The molecule has 0 aliphatic rings. The second kappa shape index (κ2) is 6.05. The molecule has 0 saturated carbocycles. The van der Waals surface area contributed by atoms with Crippen molar-refractivity contribution in [3.63, 3.8) is 0 Å². The molecule has 1 atom stereocenters. The van der Waals surface area contributed by atoms with Gasteiger partial charge in [0.25, 0.3) is 5.91 Å². The summed E-state index contributed by atoms with van der Waals surface area (Å²) >= 11 is 0. The van der Waals surface area contributed by atoms with Crippen LogP contribution < -0.4 is 11.1 Å². The van der Waals surface area contributed by atoms with Crippen molar-refractivity contribution in [2.24, 2.45) is 11.1 Å². The van der Waals surface area contributed by atoms with Crippen LogP contribution in [0.3, 0.4) is 0 Å². The monoisotopic (exact) mass is 277 g/mol. The first kappa shape index (κ1) is 16.2. The predicted octanol–water partition coefficient (Wildman–Crippen LogP) is 1.70. The van der Waals surface area contributed by atoms with Gasteiger partial charge in [-0.15, -0.1) is 0 Å². The van der Waals surface area contributed by atoms with Gasteiger partial charge < -0.3 is 16.0 Å². The van der Waals surface area contributed by atoms with Gasteiger partial charge in [0.15, 0.2) is 0 Å². The third kappa shape index (κ3) is 3.81.